The third-order valence-corrected chi connectivity index (χ3v) is 4.96. The minimum absolute atomic E-state index is 0.682. The van der Waals surface area contributed by atoms with Crippen LogP contribution in [-0.4, -0.2) is 18.0 Å². The molecule has 6 nitrogen and oxygen atoms in total. The summed E-state index contributed by atoms with van der Waals surface area (Å²) in [4.78, 5) is 25.8. The number of nitrogens with zero attached hydrogens (tertiary/aromatic N) is 6. The van der Waals surface area contributed by atoms with Crippen LogP contribution >= 0.6 is 0 Å². The predicted molar refractivity (Wildman–Crippen MR) is 143 cm³/mol. The van der Waals surface area contributed by atoms with Crippen molar-refractivity contribution < 1.29 is 0 Å². The highest BCUT2D eigenvalue weighted by molar-refractivity contribution is 5.67. The average molecular weight is 455 g/mol. The lowest BCUT2D eigenvalue weighted by atomic mass is 10.2. The molecule has 4 rings (SSSR count). The molecule has 0 aliphatic carbocycles. The summed E-state index contributed by atoms with van der Waals surface area (Å²) in [7, 11) is 0. The summed E-state index contributed by atoms with van der Waals surface area (Å²) in [5, 5.41) is 0. The zero-order chi connectivity index (χ0) is 24.3. The lowest BCUT2D eigenvalue weighted by Crippen LogP contribution is -1.75. The van der Waals surface area contributed by atoms with Crippen molar-refractivity contribution in [3.05, 3.63) is 108 Å². The van der Waals surface area contributed by atoms with Crippen LogP contribution in [0.1, 0.15) is 11.1 Å². The van der Waals surface area contributed by atoms with E-state index < -0.39 is 0 Å². The summed E-state index contributed by atoms with van der Waals surface area (Å²) in [5.41, 5.74) is 6.40. The maximum atomic E-state index is 4.38. The number of para-hydroxylation sites is 2. The van der Waals surface area contributed by atoms with Crippen LogP contribution in [-0.2, 0) is 0 Å². The molecule has 168 valence electrons. The Kier molecular flexibility index (Phi) is 7.79. The van der Waals surface area contributed by atoms with Gasteiger partial charge in [0.25, 0.3) is 0 Å². The van der Waals surface area contributed by atoms with Gasteiger partial charge >= 0.3 is 0 Å². The van der Waals surface area contributed by atoms with Gasteiger partial charge in [-0.25, -0.2) is 0 Å². The van der Waals surface area contributed by atoms with E-state index >= 15 is 0 Å². The van der Waals surface area contributed by atoms with Gasteiger partial charge in [0, 0.05) is 0 Å². The van der Waals surface area contributed by atoms with Crippen LogP contribution in [0, 0.1) is 13.8 Å². The smallest absolute Gasteiger partial charge is 0.100 e. The molecule has 0 fully saturated rings. The highest BCUT2D eigenvalue weighted by Crippen LogP contribution is 2.26. The van der Waals surface area contributed by atoms with Crippen LogP contribution < -0.4 is 0 Å². The molecule has 0 amide bonds. The zero-order valence-corrected chi connectivity index (χ0v) is 19.4. The number of hydrogen-bond acceptors (Lipinski definition) is 6. The van der Waals surface area contributed by atoms with Gasteiger partial charge in [-0.05, 0) is 73.5 Å². The molecule has 0 aliphatic heterocycles. The van der Waals surface area contributed by atoms with Crippen molar-refractivity contribution in [1.29, 1.82) is 0 Å². The van der Waals surface area contributed by atoms with Gasteiger partial charge in [-0.15, -0.1) is 0 Å². The molecule has 0 radical (unpaired) electrons. The minimum Gasteiger partial charge on any atom is -0.188 e. The largest absolute Gasteiger partial charge is 0.188 e. The van der Waals surface area contributed by atoms with Crippen molar-refractivity contribution >= 4 is 52.1 Å². The van der Waals surface area contributed by atoms with Crippen molar-refractivity contribution in [2.45, 2.75) is 13.8 Å². The van der Waals surface area contributed by atoms with E-state index in [1.165, 1.54) is 0 Å². The molecule has 0 saturated heterocycles. The Balaban J connectivity index is 1.52. The quantitative estimate of drug-likeness (QED) is 0.261. The van der Waals surface area contributed by atoms with Gasteiger partial charge in [0.2, 0.25) is 0 Å². The Bertz CT molecular complexity index is 1500. The SMILES string of the molecule is Cc1ccc(N=C=Nc2cc(N=C=Nc3ccccc3)ccc2C)cc1N=C=Nc1ccccc1. The Morgan fingerprint density at radius 3 is 1.20 bits per heavy atom. The molecule has 35 heavy (non-hydrogen) atoms. The standard InChI is InChI=1S/C29H22N6/c1-22-14-16-27(18-28(22)34-20-31-25-11-7-4-8-12-25)33-21-35-29-17-26(15-13-23(29)2)32-19-30-24-9-5-3-6-10-24/h3-18H,1-2H3. The van der Waals surface area contributed by atoms with E-state index in [1.807, 2.05) is 111 Å². The fourth-order valence-corrected chi connectivity index (χ4v) is 2.99. The molecule has 0 saturated carbocycles. The third-order valence-electron chi connectivity index (χ3n) is 4.96. The van der Waals surface area contributed by atoms with Crippen molar-refractivity contribution in [2.75, 3.05) is 0 Å². The van der Waals surface area contributed by atoms with Gasteiger partial charge in [0.05, 0.1) is 34.1 Å². The number of aryl methyl sites for hydroxylation is 2. The molecular formula is C29H22N6. The first-order valence-electron chi connectivity index (χ1n) is 11.0. The Morgan fingerprint density at radius 1 is 0.400 bits per heavy atom. The number of benzene rings is 4. The average Bonchev–Trinajstić information content (AvgIpc) is 2.89. The van der Waals surface area contributed by atoms with E-state index in [2.05, 4.69) is 48.0 Å². The molecule has 0 spiro atoms. The third kappa shape index (κ3) is 7.00. The molecule has 4 aromatic carbocycles. The second-order valence-corrected chi connectivity index (χ2v) is 7.58. The molecule has 0 N–H and O–H groups in total. The van der Waals surface area contributed by atoms with Crippen LogP contribution in [0.5, 0.6) is 0 Å². The molecule has 0 aromatic heterocycles. The van der Waals surface area contributed by atoms with Crippen molar-refractivity contribution in [3.63, 3.8) is 0 Å². The van der Waals surface area contributed by atoms with Gasteiger partial charge in [-0.3, -0.25) is 0 Å². The van der Waals surface area contributed by atoms with E-state index in [-0.39, 0.29) is 0 Å². The molecular weight excluding hydrogens is 432 g/mol. The van der Waals surface area contributed by atoms with E-state index in [0.717, 1.165) is 33.9 Å². The van der Waals surface area contributed by atoms with Crippen molar-refractivity contribution in [3.8, 4) is 0 Å². The number of rotatable bonds is 6. The highest BCUT2D eigenvalue weighted by Gasteiger charge is 1.99. The van der Waals surface area contributed by atoms with Crippen LogP contribution in [0.15, 0.2) is 127 Å². The molecule has 0 unspecified atom stereocenters. The predicted octanol–water partition coefficient (Wildman–Crippen LogP) is 8.71. The Labute approximate surface area is 204 Å². The van der Waals surface area contributed by atoms with E-state index in [4.69, 9.17) is 0 Å². The second-order valence-electron chi connectivity index (χ2n) is 7.58. The highest BCUT2D eigenvalue weighted by atomic mass is 14.9. The summed E-state index contributed by atoms with van der Waals surface area (Å²) in [6.45, 7) is 3.94. The van der Waals surface area contributed by atoms with Gasteiger partial charge < -0.3 is 0 Å². The van der Waals surface area contributed by atoms with E-state index in [1.54, 1.807) is 0 Å². The summed E-state index contributed by atoms with van der Waals surface area (Å²) in [6, 6.07) is 38.7. The summed E-state index contributed by atoms with van der Waals surface area (Å²) in [6.07, 6.45) is 0. The molecule has 4 aromatic rings. The maximum Gasteiger partial charge on any atom is 0.100 e. The molecule has 0 atom stereocenters. The number of hydrogen-bond donors (Lipinski definition) is 0. The van der Waals surface area contributed by atoms with Crippen molar-refractivity contribution in [2.24, 2.45) is 30.0 Å². The summed E-state index contributed by atoms with van der Waals surface area (Å²) < 4.78 is 0. The molecule has 6 heteroatoms. The fourth-order valence-electron chi connectivity index (χ4n) is 2.99. The second kappa shape index (κ2) is 11.8. The Hall–Kier alpha value is -4.98. The maximum absolute atomic E-state index is 4.38. The van der Waals surface area contributed by atoms with Crippen molar-refractivity contribution in [1.82, 2.24) is 0 Å². The van der Waals surface area contributed by atoms with Gasteiger partial charge in [-0.1, -0.05) is 48.5 Å². The van der Waals surface area contributed by atoms with Gasteiger partial charge in [0.15, 0.2) is 0 Å². The number of aliphatic imine (C=N–C) groups is 6. The molecule has 0 heterocycles. The summed E-state index contributed by atoms with van der Waals surface area (Å²) in [5.74, 6) is 0. The van der Waals surface area contributed by atoms with Crippen LogP contribution in [0.3, 0.4) is 0 Å². The Morgan fingerprint density at radius 2 is 0.771 bits per heavy atom. The van der Waals surface area contributed by atoms with Crippen LogP contribution in [0.2, 0.25) is 0 Å². The fraction of sp³-hybridized carbons (Fsp3) is 0.0690. The van der Waals surface area contributed by atoms with Crippen LogP contribution in [0.25, 0.3) is 0 Å². The first-order valence-corrected chi connectivity index (χ1v) is 11.0. The zero-order valence-electron chi connectivity index (χ0n) is 19.4. The van der Waals surface area contributed by atoms with E-state index in [9.17, 15) is 0 Å². The first-order chi connectivity index (χ1) is 17.2. The normalized spacial score (nSPS) is 9.66. The van der Waals surface area contributed by atoms with Gasteiger partial charge in [-0.2, -0.15) is 30.0 Å². The minimum atomic E-state index is 0.682. The monoisotopic (exact) mass is 454 g/mol. The summed E-state index contributed by atoms with van der Waals surface area (Å²) >= 11 is 0. The molecule has 0 aliphatic rings. The lowest BCUT2D eigenvalue weighted by molar-refractivity contribution is 1.37. The lowest BCUT2D eigenvalue weighted by Gasteiger charge is -1.99. The first kappa shape index (κ1) is 23.2. The van der Waals surface area contributed by atoms with E-state index in [0.29, 0.717) is 11.4 Å². The van der Waals surface area contributed by atoms with Crippen LogP contribution in [0.4, 0.5) is 34.1 Å². The van der Waals surface area contributed by atoms with Gasteiger partial charge in [0.1, 0.15) is 18.0 Å². The molecule has 0 bridgehead atoms. The topological polar surface area (TPSA) is 74.2 Å².